The fourth-order valence-corrected chi connectivity index (χ4v) is 0.927. The van der Waals surface area contributed by atoms with E-state index >= 15 is 0 Å². The summed E-state index contributed by atoms with van der Waals surface area (Å²) in [4.78, 5) is 11.0. The van der Waals surface area contributed by atoms with E-state index in [9.17, 15) is 4.79 Å². The zero-order valence-electron chi connectivity index (χ0n) is 7.28. The average Bonchev–Trinajstić information content (AvgIpc) is 2.09. The predicted molar refractivity (Wildman–Crippen MR) is 45.3 cm³/mol. The van der Waals surface area contributed by atoms with Gasteiger partial charge in [-0.3, -0.25) is 9.48 Å². The fourth-order valence-electron chi connectivity index (χ4n) is 0.927. The summed E-state index contributed by atoms with van der Waals surface area (Å²) in [6, 6.07) is 0. The molecule has 0 saturated carbocycles. The second-order valence-corrected chi connectivity index (χ2v) is 2.47. The first-order valence-corrected chi connectivity index (χ1v) is 3.88. The van der Waals surface area contributed by atoms with E-state index in [1.54, 1.807) is 10.9 Å². The number of ether oxygens (including phenoxy) is 1. The van der Waals surface area contributed by atoms with Crippen LogP contribution >= 0.6 is 0 Å². The molecule has 1 aromatic heterocycles. The molecule has 0 radical (unpaired) electrons. The maximum absolute atomic E-state index is 11.0. The number of aromatic nitrogens is 2. The Morgan fingerprint density at radius 3 is 3.00 bits per heavy atom. The summed E-state index contributed by atoms with van der Waals surface area (Å²) in [5.74, 6) is 0.346. The van der Waals surface area contributed by atoms with Crippen LogP contribution in [-0.2, 0) is 6.54 Å². The van der Waals surface area contributed by atoms with Crippen molar-refractivity contribution < 1.29 is 4.74 Å². The second kappa shape index (κ2) is 3.90. The Morgan fingerprint density at radius 1 is 1.67 bits per heavy atom. The van der Waals surface area contributed by atoms with Crippen LogP contribution in [0.3, 0.4) is 0 Å². The van der Waals surface area contributed by atoms with Gasteiger partial charge < -0.3 is 4.74 Å². The molecule has 0 aromatic carbocycles. The molecule has 0 bridgehead atoms. The Hall–Kier alpha value is -1.32. The highest BCUT2D eigenvalue weighted by molar-refractivity contribution is 5.13. The third kappa shape index (κ3) is 1.84. The summed E-state index contributed by atoms with van der Waals surface area (Å²) in [5.41, 5.74) is -0.176. The van der Waals surface area contributed by atoms with E-state index in [0.717, 1.165) is 13.0 Å². The maximum Gasteiger partial charge on any atom is 0.241 e. The van der Waals surface area contributed by atoms with Crippen molar-refractivity contribution in [3.8, 4) is 5.75 Å². The molecule has 0 saturated heterocycles. The predicted octanol–water partition coefficient (Wildman–Crippen LogP) is 0.662. The van der Waals surface area contributed by atoms with Gasteiger partial charge in [0.25, 0.3) is 0 Å². The smallest absolute Gasteiger partial charge is 0.241 e. The fraction of sp³-hybridized carbons (Fsp3) is 0.500. The lowest BCUT2D eigenvalue weighted by atomic mass is 10.4. The van der Waals surface area contributed by atoms with E-state index in [1.807, 2.05) is 6.92 Å². The zero-order valence-corrected chi connectivity index (χ0v) is 7.28. The number of nitrogens with zero attached hydrogens (tertiary/aromatic N) is 2. The molecule has 0 aliphatic heterocycles. The Labute approximate surface area is 70.8 Å². The van der Waals surface area contributed by atoms with Gasteiger partial charge in [-0.1, -0.05) is 6.92 Å². The van der Waals surface area contributed by atoms with Crippen LogP contribution in [0.15, 0.2) is 17.2 Å². The van der Waals surface area contributed by atoms with Gasteiger partial charge >= 0.3 is 0 Å². The maximum atomic E-state index is 11.0. The first-order valence-electron chi connectivity index (χ1n) is 3.88. The van der Waals surface area contributed by atoms with Gasteiger partial charge in [-0.05, 0) is 6.42 Å². The van der Waals surface area contributed by atoms with Crippen molar-refractivity contribution in [3.05, 3.63) is 22.6 Å². The van der Waals surface area contributed by atoms with Crippen LogP contribution in [0.1, 0.15) is 13.3 Å². The number of methoxy groups -OCH3 is 1. The van der Waals surface area contributed by atoms with Gasteiger partial charge in [-0.25, -0.2) is 0 Å². The zero-order chi connectivity index (χ0) is 8.97. The highest BCUT2D eigenvalue weighted by Crippen LogP contribution is 1.98. The molecule has 0 amide bonds. The molecule has 1 aromatic rings. The molecular formula is C8H12N2O2. The summed E-state index contributed by atoms with van der Waals surface area (Å²) in [6.07, 6.45) is 3.87. The minimum Gasteiger partial charge on any atom is -0.491 e. The van der Waals surface area contributed by atoms with Crippen molar-refractivity contribution in [3.63, 3.8) is 0 Å². The molecule has 0 spiro atoms. The molecular weight excluding hydrogens is 156 g/mol. The summed E-state index contributed by atoms with van der Waals surface area (Å²) in [5, 5.41) is 3.90. The van der Waals surface area contributed by atoms with Gasteiger partial charge in [0.05, 0.1) is 19.5 Å². The molecule has 0 aliphatic rings. The first-order chi connectivity index (χ1) is 5.77. The van der Waals surface area contributed by atoms with Crippen molar-refractivity contribution in [2.24, 2.45) is 0 Å². The average molecular weight is 168 g/mol. The lowest BCUT2D eigenvalue weighted by Crippen LogP contribution is -2.12. The molecule has 4 heteroatoms. The van der Waals surface area contributed by atoms with E-state index < -0.39 is 0 Å². The quantitative estimate of drug-likeness (QED) is 0.666. The van der Waals surface area contributed by atoms with Crippen LogP contribution in [0, 0.1) is 0 Å². The third-order valence-corrected chi connectivity index (χ3v) is 1.51. The molecule has 0 fully saturated rings. The SMILES string of the molecule is CCCn1cc(OC)c(=O)cn1. The summed E-state index contributed by atoms with van der Waals surface area (Å²) < 4.78 is 6.55. The van der Waals surface area contributed by atoms with Crippen LogP contribution in [0.4, 0.5) is 0 Å². The van der Waals surface area contributed by atoms with Crippen LogP contribution < -0.4 is 10.2 Å². The van der Waals surface area contributed by atoms with Crippen molar-refractivity contribution in [1.82, 2.24) is 9.78 Å². The lowest BCUT2D eigenvalue weighted by Gasteiger charge is -2.03. The summed E-state index contributed by atoms with van der Waals surface area (Å²) in [6.45, 7) is 2.85. The molecule has 66 valence electrons. The van der Waals surface area contributed by atoms with Gasteiger partial charge in [0.2, 0.25) is 5.43 Å². The normalized spacial score (nSPS) is 9.83. The highest BCUT2D eigenvalue weighted by atomic mass is 16.5. The van der Waals surface area contributed by atoms with E-state index in [0.29, 0.717) is 5.75 Å². The molecule has 4 nitrogen and oxygen atoms in total. The van der Waals surface area contributed by atoms with Gasteiger partial charge in [-0.2, -0.15) is 5.10 Å². The van der Waals surface area contributed by atoms with E-state index in [-0.39, 0.29) is 5.43 Å². The minimum atomic E-state index is -0.176. The Bertz CT molecular complexity index is 306. The molecule has 0 unspecified atom stereocenters. The number of rotatable bonds is 3. The lowest BCUT2D eigenvalue weighted by molar-refractivity contribution is 0.399. The van der Waals surface area contributed by atoms with Gasteiger partial charge in [0.15, 0.2) is 5.75 Å². The third-order valence-electron chi connectivity index (χ3n) is 1.51. The largest absolute Gasteiger partial charge is 0.491 e. The van der Waals surface area contributed by atoms with Gasteiger partial charge in [-0.15, -0.1) is 0 Å². The van der Waals surface area contributed by atoms with Crippen LogP contribution in [-0.4, -0.2) is 16.9 Å². The Kier molecular flexibility index (Phi) is 2.85. The van der Waals surface area contributed by atoms with E-state index in [1.165, 1.54) is 13.3 Å². The molecule has 12 heavy (non-hydrogen) atoms. The monoisotopic (exact) mass is 168 g/mol. The summed E-state index contributed by atoms with van der Waals surface area (Å²) >= 11 is 0. The van der Waals surface area contributed by atoms with Gasteiger partial charge in [0, 0.05) is 6.54 Å². The van der Waals surface area contributed by atoms with E-state index in [4.69, 9.17) is 4.74 Å². The number of hydrogen-bond donors (Lipinski definition) is 0. The molecule has 0 aliphatic carbocycles. The number of hydrogen-bond acceptors (Lipinski definition) is 3. The van der Waals surface area contributed by atoms with Crippen molar-refractivity contribution >= 4 is 0 Å². The Morgan fingerprint density at radius 2 is 2.42 bits per heavy atom. The minimum absolute atomic E-state index is 0.176. The van der Waals surface area contributed by atoms with Crippen molar-refractivity contribution in [2.75, 3.05) is 7.11 Å². The topological polar surface area (TPSA) is 44.1 Å². The van der Waals surface area contributed by atoms with Crippen LogP contribution in [0.25, 0.3) is 0 Å². The molecule has 1 heterocycles. The van der Waals surface area contributed by atoms with Crippen molar-refractivity contribution in [2.45, 2.75) is 19.9 Å². The highest BCUT2D eigenvalue weighted by Gasteiger charge is 1.98. The second-order valence-electron chi connectivity index (χ2n) is 2.47. The Balaban J connectivity index is 2.97. The molecule has 0 N–H and O–H groups in total. The standard InChI is InChI=1S/C8H12N2O2/c1-3-4-10-6-8(12-2)7(11)5-9-10/h5-6H,3-4H2,1-2H3. The summed E-state index contributed by atoms with van der Waals surface area (Å²) in [7, 11) is 1.48. The van der Waals surface area contributed by atoms with Gasteiger partial charge in [0.1, 0.15) is 0 Å². The van der Waals surface area contributed by atoms with E-state index in [2.05, 4.69) is 5.10 Å². The molecule has 0 atom stereocenters. The van der Waals surface area contributed by atoms with Crippen LogP contribution in [0.2, 0.25) is 0 Å². The number of aryl methyl sites for hydroxylation is 1. The molecule has 1 rings (SSSR count). The van der Waals surface area contributed by atoms with Crippen molar-refractivity contribution in [1.29, 1.82) is 0 Å². The van der Waals surface area contributed by atoms with Crippen LogP contribution in [0.5, 0.6) is 5.75 Å². The first kappa shape index (κ1) is 8.77.